The lowest BCUT2D eigenvalue weighted by Crippen LogP contribution is -2.40. The fourth-order valence-electron chi connectivity index (χ4n) is 2.38. The number of hydrogen-bond acceptors (Lipinski definition) is 3. The topological polar surface area (TPSA) is 24.9 Å². The Balaban J connectivity index is 2.74. The van der Waals surface area contributed by atoms with Crippen molar-refractivity contribution in [1.29, 1.82) is 0 Å². The van der Waals surface area contributed by atoms with Crippen LogP contribution in [0, 0.1) is 0 Å². The fourth-order valence-corrected chi connectivity index (χ4v) is 3.53. The van der Waals surface area contributed by atoms with Crippen LogP contribution in [0.2, 0.25) is 0 Å². The van der Waals surface area contributed by atoms with E-state index in [1.54, 1.807) is 0 Å². The second-order valence-electron chi connectivity index (χ2n) is 6.30. The van der Waals surface area contributed by atoms with Gasteiger partial charge in [0.15, 0.2) is 0 Å². The van der Waals surface area contributed by atoms with Gasteiger partial charge in [-0.15, -0.1) is 11.3 Å². The maximum Gasteiger partial charge on any atom is 0.113 e. The Morgan fingerprint density at radius 2 is 1.95 bits per heavy atom. The van der Waals surface area contributed by atoms with Crippen molar-refractivity contribution in [2.75, 3.05) is 6.54 Å². The number of hydrogen-bond donors (Lipinski definition) is 1. The molecule has 1 aromatic heterocycles. The molecule has 116 valence electrons. The van der Waals surface area contributed by atoms with Gasteiger partial charge >= 0.3 is 0 Å². The monoisotopic (exact) mass is 296 g/mol. The molecule has 1 aromatic rings. The summed E-state index contributed by atoms with van der Waals surface area (Å²) < 4.78 is 0. The lowest BCUT2D eigenvalue weighted by atomic mass is 9.94. The van der Waals surface area contributed by atoms with Crippen LogP contribution >= 0.6 is 11.3 Å². The van der Waals surface area contributed by atoms with Gasteiger partial charge < -0.3 is 5.32 Å². The van der Waals surface area contributed by atoms with Crippen LogP contribution in [0.1, 0.15) is 89.8 Å². The van der Waals surface area contributed by atoms with E-state index in [1.165, 1.54) is 49.2 Å². The number of thiazole rings is 1. The summed E-state index contributed by atoms with van der Waals surface area (Å²) in [5, 5.41) is 7.24. The summed E-state index contributed by atoms with van der Waals surface area (Å²) in [5.41, 5.74) is 1.30. The third-order valence-electron chi connectivity index (χ3n) is 3.88. The zero-order chi connectivity index (χ0) is 15.0. The van der Waals surface area contributed by atoms with E-state index < -0.39 is 0 Å². The summed E-state index contributed by atoms with van der Waals surface area (Å²) in [7, 11) is 0. The third kappa shape index (κ3) is 5.17. The molecule has 1 atom stereocenters. The molecule has 1 rings (SSSR count). The first-order valence-corrected chi connectivity index (χ1v) is 9.12. The van der Waals surface area contributed by atoms with Crippen molar-refractivity contribution in [3.63, 3.8) is 0 Å². The molecule has 2 nitrogen and oxygen atoms in total. The summed E-state index contributed by atoms with van der Waals surface area (Å²) in [4.78, 5) is 4.89. The minimum atomic E-state index is 0.0571. The Bertz CT molecular complexity index is 373. The Morgan fingerprint density at radius 1 is 1.20 bits per heavy atom. The lowest BCUT2D eigenvalue weighted by molar-refractivity contribution is 0.325. The molecular weight excluding hydrogens is 264 g/mol. The van der Waals surface area contributed by atoms with E-state index in [4.69, 9.17) is 4.98 Å². The lowest BCUT2D eigenvalue weighted by Gasteiger charge is -2.29. The van der Waals surface area contributed by atoms with Crippen LogP contribution in [0.25, 0.3) is 0 Å². The van der Waals surface area contributed by atoms with Crippen molar-refractivity contribution in [3.8, 4) is 0 Å². The molecule has 0 amide bonds. The molecule has 0 aliphatic rings. The van der Waals surface area contributed by atoms with E-state index in [1.807, 2.05) is 11.3 Å². The minimum Gasteiger partial charge on any atom is -0.306 e. The SMILES string of the molecule is CCCCCCC(C)(NCCC)c1nc(C(C)C)cs1. The first-order chi connectivity index (χ1) is 9.53. The zero-order valence-electron chi connectivity index (χ0n) is 14.0. The molecular formula is C17H32N2S. The number of unbranched alkanes of at least 4 members (excludes halogenated alkanes) is 3. The van der Waals surface area contributed by atoms with E-state index in [0.717, 1.165) is 6.54 Å². The van der Waals surface area contributed by atoms with Crippen molar-refractivity contribution < 1.29 is 0 Å². The van der Waals surface area contributed by atoms with Gasteiger partial charge in [0.05, 0.1) is 11.2 Å². The summed E-state index contributed by atoms with van der Waals surface area (Å²) in [6, 6.07) is 0. The van der Waals surface area contributed by atoms with Gasteiger partial charge in [-0.3, -0.25) is 0 Å². The predicted molar refractivity (Wildman–Crippen MR) is 90.6 cm³/mol. The molecule has 0 aromatic carbocycles. The molecule has 20 heavy (non-hydrogen) atoms. The first-order valence-electron chi connectivity index (χ1n) is 8.24. The highest BCUT2D eigenvalue weighted by molar-refractivity contribution is 7.09. The van der Waals surface area contributed by atoms with Gasteiger partial charge in [-0.1, -0.05) is 53.4 Å². The number of rotatable bonds is 10. The van der Waals surface area contributed by atoms with Crippen molar-refractivity contribution in [2.45, 2.75) is 84.6 Å². The van der Waals surface area contributed by atoms with Crippen molar-refractivity contribution in [1.82, 2.24) is 10.3 Å². The summed E-state index contributed by atoms with van der Waals surface area (Å²) >= 11 is 1.83. The molecule has 1 N–H and O–H groups in total. The maximum atomic E-state index is 4.89. The Labute approximate surface area is 129 Å². The van der Waals surface area contributed by atoms with E-state index in [9.17, 15) is 0 Å². The zero-order valence-corrected chi connectivity index (χ0v) is 14.8. The predicted octanol–water partition coefficient (Wildman–Crippen LogP) is 5.45. The standard InChI is InChI=1S/C17H32N2S/c1-6-8-9-10-11-17(5,18-12-7-2)16-19-15(13-20-16)14(3)4/h13-14,18H,6-12H2,1-5H3. The third-order valence-corrected chi connectivity index (χ3v) is 5.01. The summed E-state index contributed by atoms with van der Waals surface area (Å²) in [5.74, 6) is 0.524. The van der Waals surface area contributed by atoms with E-state index in [-0.39, 0.29) is 5.54 Å². The van der Waals surface area contributed by atoms with Gasteiger partial charge in [0.2, 0.25) is 0 Å². The normalized spacial score (nSPS) is 14.7. The van der Waals surface area contributed by atoms with Gasteiger partial charge in [0, 0.05) is 5.38 Å². The highest BCUT2D eigenvalue weighted by Gasteiger charge is 2.28. The number of nitrogens with one attached hydrogen (secondary N) is 1. The molecule has 0 bridgehead atoms. The van der Waals surface area contributed by atoms with Crippen LogP contribution < -0.4 is 5.32 Å². The smallest absolute Gasteiger partial charge is 0.113 e. The average Bonchev–Trinajstić information content (AvgIpc) is 2.92. The van der Waals surface area contributed by atoms with Crippen molar-refractivity contribution in [3.05, 3.63) is 16.1 Å². The minimum absolute atomic E-state index is 0.0571. The summed E-state index contributed by atoms with van der Waals surface area (Å²) in [6.45, 7) is 12.3. The molecule has 0 aliphatic carbocycles. The molecule has 1 unspecified atom stereocenters. The Morgan fingerprint density at radius 3 is 2.50 bits per heavy atom. The van der Waals surface area contributed by atoms with E-state index in [0.29, 0.717) is 5.92 Å². The van der Waals surface area contributed by atoms with Crippen LogP contribution in [0.5, 0.6) is 0 Å². The first kappa shape index (κ1) is 17.6. The molecule has 3 heteroatoms. The van der Waals surface area contributed by atoms with Crippen molar-refractivity contribution in [2.24, 2.45) is 0 Å². The van der Waals surface area contributed by atoms with Gasteiger partial charge in [-0.2, -0.15) is 0 Å². The maximum absolute atomic E-state index is 4.89. The molecule has 0 fully saturated rings. The average molecular weight is 297 g/mol. The van der Waals surface area contributed by atoms with Crippen LogP contribution in [0.4, 0.5) is 0 Å². The highest BCUT2D eigenvalue weighted by Crippen LogP contribution is 2.31. The largest absolute Gasteiger partial charge is 0.306 e. The summed E-state index contributed by atoms with van der Waals surface area (Å²) in [6.07, 6.45) is 7.64. The van der Waals surface area contributed by atoms with E-state index in [2.05, 4.69) is 45.3 Å². The Kier molecular flexibility index (Phi) is 7.75. The molecule has 0 saturated heterocycles. The molecule has 0 saturated carbocycles. The van der Waals surface area contributed by atoms with Gasteiger partial charge in [-0.25, -0.2) is 4.98 Å². The van der Waals surface area contributed by atoms with Crippen LogP contribution in [0.3, 0.4) is 0 Å². The number of nitrogens with zero attached hydrogens (tertiary/aromatic N) is 1. The molecule has 1 heterocycles. The Hall–Kier alpha value is -0.410. The fraction of sp³-hybridized carbons (Fsp3) is 0.824. The molecule has 0 aliphatic heterocycles. The van der Waals surface area contributed by atoms with Gasteiger partial charge in [0.1, 0.15) is 5.01 Å². The van der Waals surface area contributed by atoms with E-state index >= 15 is 0 Å². The molecule has 0 radical (unpaired) electrons. The van der Waals surface area contributed by atoms with Crippen LogP contribution in [-0.2, 0) is 5.54 Å². The number of aromatic nitrogens is 1. The van der Waals surface area contributed by atoms with Crippen LogP contribution in [0.15, 0.2) is 5.38 Å². The van der Waals surface area contributed by atoms with Gasteiger partial charge in [-0.05, 0) is 32.2 Å². The second-order valence-corrected chi connectivity index (χ2v) is 7.16. The van der Waals surface area contributed by atoms with Crippen molar-refractivity contribution >= 4 is 11.3 Å². The van der Waals surface area contributed by atoms with Crippen LogP contribution in [-0.4, -0.2) is 11.5 Å². The van der Waals surface area contributed by atoms with Gasteiger partial charge in [0.25, 0.3) is 0 Å². The molecule has 0 spiro atoms. The second kappa shape index (κ2) is 8.78. The highest BCUT2D eigenvalue weighted by atomic mass is 32.1. The quantitative estimate of drug-likeness (QED) is 0.581.